The van der Waals surface area contributed by atoms with Crippen molar-refractivity contribution in [2.75, 3.05) is 46.4 Å². The van der Waals surface area contributed by atoms with Crippen molar-refractivity contribution >= 4 is 64.6 Å². The van der Waals surface area contributed by atoms with Gasteiger partial charge in [0.2, 0.25) is 11.8 Å². The maximum atomic E-state index is 14.1. The molecule has 2 aromatic rings. The molecule has 0 aromatic heterocycles. The van der Waals surface area contributed by atoms with Crippen molar-refractivity contribution in [2.24, 2.45) is 0 Å². The number of nitrogens with zero attached hydrogens (tertiary/aromatic N) is 4. The van der Waals surface area contributed by atoms with E-state index in [1.54, 1.807) is 32.9 Å². The molecule has 2 aromatic carbocycles. The molecule has 3 aliphatic rings. The minimum atomic E-state index is -1.55. The van der Waals surface area contributed by atoms with Gasteiger partial charge in [-0.2, -0.15) is 0 Å². The second-order valence-corrected chi connectivity index (χ2v) is 16.0. The van der Waals surface area contributed by atoms with Crippen LogP contribution in [0.4, 0.5) is 0 Å². The molecular formula is C39H48Cl2N6O9. The van der Waals surface area contributed by atoms with E-state index in [0.29, 0.717) is 12.0 Å². The van der Waals surface area contributed by atoms with Crippen LogP contribution in [0.25, 0.3) is 0 Å². The Bertz CT molecular complexity index is 1810. The van der Waals surface area contributed by atoms with Crippen LogP contribution in [0.5, 0.6) is 0 Å². The number of Topliss-reactive ketones (excluding diaryl/α,β-unsaturated/α-hetero) is 1. The zero-order valence-electron chi connectivity index (χ0n) is 32.0. The molecule has 0 bridgehead atoms. The number of rotatable bonds is 12. The smallest absolute Gasteiger partial charge is 0.341 e. The number of hydrogen-bond donors (Lipinski definition) is 2. The first-order chi connectivity index (χ1) is 26.5. The molecule has 56 heavy (non-hydrogen) atoms. The van der Waals surface area contributed by atoms with Crippen LogP contribution in [0, 0.1) is 0 Å². The number of benzene rings is 2. The first-order valence-electron chi connectivity index (χ1n) is 18.6. The second-order valence-electron chi connectivity index (χ2n) is 15.2. The van der Waals surface area contributed by atoms with Crippen molar-refractivity contribution < 1.29 is 43.0 Å². The molecule has 4 amide bonds. The number of hydrogen-bond acceptors (Lipinski definition) is 11. The van der Waals surface area contributed by atoms with Gasteiger partial charge in [-0.1, -0.05) is 41.4 Å². The Labute approximate surface area is 335 Å². The third-order valence-corrected chi connectivity index (χ3v) is 10.3. The first kappa shape index (κ1) is 42.6. The van der Waals surface area contributed by atoms with Gasteiger partial charge in [0, 0.05) is 51.3 Å². The molecule has 3 heterocycles. The van der Waals surface area contributed by atoms with Gasteiger partial charge in [0.05, 0.1) is 22.0 Å². The van der Waals surface area contributed by atoms with Crippen molar-refractivity contribution in [3.63, 3.8) is 0 Å². The van der Waals surface area contributed by atoms with E-state index in [2.05, 4.69) is 27.5 Å². The van der Waals surface area contributed by atoms with Gasteiger partial charge >= 0.3 is 11.9 Å². The largest absolute Gasteiger partial charge is 0.460 e. The van der Waals surface area contributed by atoms with Crippen LogP contribution in [-0.2, 0) is 40.0 Å². The number of carbonyl (C=O) groups is 7. The molecule has 0 spiro atoms. The number of halogens is 2. The molecule has 0 radical (unpaired) electrons. The summed E-state index contributed by atoms with van der Waals surface area (Å²) >= 11 is 12.2. The van der Waals surface area contributed by atoms with Crippen molar-refractivity contribution in [2.45, 2.75) is 83.1 Å². The van der Waals surface area contributed by atoms with E-state index in [4.69, 9.17) is 32.7 Å². The van der Waals surface area contributed by atoms with Gasteiger partial charge in [0.25, 0.3) is 11.8 Å². The maximum Gasteiger partial charge on any atom is 0.341 e. The van der Waals surface area contributed by atoms with Gasteiger partial charge in [-0.25, -0.2) is 9.80 Å². The van der Waals surface area contributed by atoms with Crippen LogP contribution in [0.1, 0.15) is 79.2 Å². The van der Waals surface area contributed by atoms with E-state index in [1.165, 1.54) is 23.2 Å². The number of fused-ring (bicyclic) bond motifs is 1. The first-order valence-corrected chi connectivity index (χ1v) is 19.4. The SMILES string of the molecule is CN1CCN(Cc2ccc(C(=O)N[C@H]3CCC(=O)N4CCC[C@@H](C(=O)N[C@@H](CC(=O)OC(C)(C)C)C(=O)COC(=O)c5c(Cl)cccc5Cl)N4C3=O)cc2)CC1. The third kappa shape index (κ3) is 11.1. The highest BCUT2D eigenvalue weighted by Gasteiger charge is 2.45. The Hall–Kier alpha value is -4.57. The van der Waals surface area contributed by atoms with Crippen molar-refractivity contribution in [1.82, 2.24) is 30.5 Å². The minimum absolute atomic E-state index is 0.00353. The van der Waals surface area contributed by atoms with Crippen LogP contribution < -0.4 is 10.6 Å². The topological polar surface area (TPSA) is 175 Å². The highest BCUT2D eigenvalue weighted by atomic mass is 35.5. The lowest BCUT2D eigenvalue weighted by atomic mass is 10.0. The fraction of sp³-hybridized carbons (Fsp3) is 0.513. The van der Waals surface area contributed by atoms with E-state index in [-0.39, 0.29) is 41.4 Å². The van der Waals surface area contributed by atoms with Gasteiger partial charge < -0.3 is 25.0 Å². The monoisotopic (exact) mass is 814 g/mol. The summed E-state index contributed by atoms with van der Waals surface area (Å²) in [5, 5.41) is 7.54. The number of nitrogens with one attached hydrogen (secondary N) is 2. The average Bonchev–Trinajstić information content (AvgIpc) is 3.26. The summed E-state index contributed by atoms with van der Waals surface area (Å²) in [5.41, 5.74) is 0.298. The summed E-state index contributed by atoms with van der Waals surface area (Å²) in [6.45, 7) is 8.81. The second kappa shape index (κ2) is 18.6. The van der Waals surface area contributed by atoms with Crippen molar-refractivity contribution in [3.8, 4) is 0 Å². The number of amides is 4. The lowest BCUT2D eigenvalue weighted by Gasteiger charge is -2.43. The predicted octanol–water partition coefficient (Wildman–Crippen LogP) is 3.01. The lowest BCUT2D eigenvalue weighted by Crippen LogP contribution is -2.64. The quantitative estimate of drug-likeness (QED) is 0.302. The molecule has 0 unspecified atom stereocenters. The van der Waals surface area contributed by atoms with E-state index < -0.39 is 78.1 Å². The zero-order chi connectivity index (χ0) is 40.7. The fourth-order valence-electron chi connectivity index (χ4n) is 6.74. The third-order valence-electron chi connectivity index (χ3n) is 9.70. The molecule has 0 saturated carbocycles. The molecule has 17 heteroatoms. The molecule has 5 rings (SSSR count). The molecule has 3 aliphatic heterocycles. The number of ether oxygens (including phenoxy) is 2. The van der Waals surface area contributed by atoms with E-state index in [0.717, 1.165) is 43.3 Å². The summed E-state index contributed by atoms with van der Waals surface area (Å²) in [5.74, 6) is -5.10. The van der Waals surface area contributed by atoms with Gasteiger partial charge in [0.1, 0.15) is 23.7 Å². The Morgan fingerprint density at radius 1 is 0.911 bits per heavy atom. The molecule has 3 atom stereocenters. The molecule has 0 aliphatic carbocycles. The average molecular weight is 816 g/mol. The van der Waals surface area contributed by atoms with E-state index >= 15 is 0 Å². The normalized spacial score (nSPS) is 20.0. The van der Waals surface area contributed by atoms with Crippen LogP contribution in [0.3, 0.4) is 0 Å². The number of likely N-dealkylation sites (N-methyl/N-ethyl adjacent to an activating group) is 1. The van der Waals surface area contributed by atoms with E-state index in [1.807, 2.05) is 12.1 Å². The number of piperazine rings is 1. The van der Waals surface area contributed by atoms with E-state index in [9.17, 15) is 33.6 Å². The number of ketones is 1. The van der Waals surface area contributed by atoms with Crippen molar-refractivity contribution in [3.05, 3.63) is 69.2 Å². The molecule has 3 saturated heterocycles. The van der Waals surface area contributed by atoms with Crippen LogP contribution in [0.15, 0.2) is 42.5 Å². The fourth-order valence-corrected chi connectivity index (χ4v) is 7.29. The number of carbonyl (C=O) groups excluding carboxylic acids is 7. The van der Waals surface area contributed by atoms with Crippen LogP contribution in [-0.4, -0.2) is 131 Å². The summed E-state index contributed by atoms with van der Waals surface area (Å²) < 4.78 is 10.6. The van der Waals surface area contributed by atoms with Crippen LogP contribution >= 0.6 is 23.2 Å². The van der Waals surface area contributed by atoms with Gasteiger partial charge in [-0.05, 0) is 76.9 Å². The Kier molecular flexibility index (Phi) is 14.1. The number of esters is 2. The highest BCUT2D eigenvalue weighted by molar-refractivity contribution is 6.39. The van der Waals surface area contributed by atoms with Crippen molar-refractivity contribution in [1.29, 1.82) is 0 Å². The molecule has 302 valence electrons. The summed E-state index contributed by atoms with van der Waals surface area (Å²) in [6.07, 6.45) is -0.211. The lowest BCUT2D eigenvalue weighted by molar-refractivity contribution is -0.176. The summed E-state index contributed by atoms with van der Waals surface area (Å²) in [7, 11) is 2.09. The standard InChI is InChI=1S/C39H48Cl2N6O9/c1-39(2,3)56-33(50)21-29(31(48)23-55-38(54)34-26(40)7-5-8-27(34)41)43-36(52)30-9-6-16-46-32(49)15-14-28(37(53)47(30)46)42-35(51)25-12-10-24(11-13-25)22-45-19-17-44(4)18-20-45/h5,7-8,10-13,28-30H,6,9,14-23H2,1-4H3,(H,42,51)(H,43,52)/t28-,29-,30-/m0/s1. The Morgan fingerprint density at radius 2 is 1.57 bits per heavy atom. The molecule has 2 N–H and O–H groups in total. The Morgan fingerprint density at radius 3 is 2.21 bits per heavy atom. The maximum absolute atomic E-state index is 14.1. The summed E-state index contributed by atoms with van der Waals surface area (Å²) in [6, 6.07) is 7.55. The summed E-state index contributed by atoms with van der Waals surface area (Å²) in [4.78, 5) is 98.7. The van der Waals surface area contributed by atoms with Gasteiger partial charge in [-0.3, -0.25) is 38.7 Å². The molecule has 3 fully saturated rings. The predicted molar refractivity (Wildman–Crippen MR) is 205 cm³/mol. The highest BCUT2D eigenvalue weighted by Crippen LogP contribution is 2.27. The molecular weight excluding hydrogens is 767 g/mol. The minimum Gasteiger partial charge on any atom is -0.460 e. The van der Waals surface area contributed by atoms with Gasteiger partial charge in [0.15, 0.2) is 12.4 Å². The van der Waals surface area contributed by atoms with Gasteiger partial charge in [-0.15, -0.1) is 0 Å². The number of hydrazine groups is 1. The molecule has 15 nitrogen and oxygen atoms in total. The zero-order valence-corrected chi connectivity index (χ0v) is 33.5. The Balaban J connectivity index is 1.28. The van der Waals surface area contributed by atoms with Crippen LogP contribution in [0.2, 0.25) is 10.0 Å².